The minimum absolute atomic E-state index is 0.665. The summed E-state index contributed by atoms with van der Waals surface area (Å²) in [6.07, 6.45) is 0. The molecule has 0 aliphatic rings. The van der Waals surface area contributed by atoms with E-state index in [-0.39, 0.29) is 0 Å². The van der Waals surface area contributed by atoms with E-state index >= 15 is 0 Å². The average molecular weight is 525 g/mol. The standard InChI is InChI=1S/C37H24N4/c38-25-26-11-13-27(14-12-26)28-15-17-29(18-16-28)30-19-21-33(22-20-30)41-39-36-23-34(31-7-3-1-4-8-31)35(24-37(36)40-41)32-9-5-2-6-10-32/h1-24H. The predicted octanol–water partition coefficient (Wildman–Crippen LogP) is 8.96. The summed E-state index contributed by atoms with van der Waals surface area (Å²) in [4.78, 5) is 1.71. The molecule has 0 unspecified atom stereocenters. The van der Waals surface area contributed by atoms with Crippen LogP contribution in [0.3, 0.4) is 0 Å². The Morgan fingerprint density at radius 1 is 0.439 bits per heavy atom. The van der Waals surface area contributed by atoms with Crippen LogP contribution < -0.4 is 0 Å². The molecule has 4 nitrogen and oxygen atoms in total. The van der Waals surface area contributed by atoms with Gasteiger partial charge in [0.1, 0.15) is 11.0 Å². The molecule has 192 valence electrons. The molecule has 7 aromatic rings. The molecule has 0 aliphatic carbocycles. The van der Waals surface area contributed by atoms with E-state index in [0.29, 0.717) is 5.56 Å². The van der Waals surface area contributed by atoms with Crippen LogP contribution in [0.25, 0.3) is 61.2 Å². The van der Waals surface area contributed by atoms with E-state index in [0.717, 1.165) is 61.2 Å². The number of benzene rings is 6. The van der Waals surface area contributed by atoms with Crippen molar-refractivity contribution in [1.29, 1.82) is 5.26 Å². The van der Waals surface area contributed by atoms with Crippen LogP contribution in [0.15, 0.2) is 146 Å². The highest BCUT2D eigenvalue weighted by atomic mass is 15.5. The molecular formula is C37H24N4. The summed E-state index contributed by atoms with van der Waals surface area (Å²) in [5.41, 5.74) is 12.3. The Balaban J connectivity index is 1.20. The van der Waals surface area contributed by atoms with Gasteiger partial charge in [-0.25, -0.2) is 0 Å². The summed E-state index contributed by atoms with van der Waals surface area (Å²) >= 11 is 0. The molecule has 1 heterocycles. The van der Waals surface area contributed by atoms with Crippen molar-refractivity contribution in [3.63, 3.8) is 0 Å². The van der Waals surface area contributed by atoms with Crippen molar-refractivity contribution in [3.8, 4) is 56.3 Å². The molecule has 4 heteroatoms. The first-order valence-corrected chi connectivity index (χ1v) is 13.5. The maximum absolute atomic E-state index is 9.04. The number of fused-ring (bicyclic) bond motifs is 1. The Morgan fingerprint density at radius 3 is 1.24 bits per heavy atom. The van der Waals surface area contributed by atoms with Crippen LogP contribution in [0.2, 0.25) is 0 Å². The fourth-order valence-corrected chi connectivity index (χ4v) is 5.17. The Kier molecular flexibility index (Phi) is 6.16. The molecule has 0 saturated carbocycles. The van der Waals surface area contributed by atoms with Gasteiger partial charge in [-0.1, -0.05) is 109 Å². The molecule has 0 aliphatic heterocycles. The second-order valence-electron chi connectivity index (χ2n) is 9.92. The summed E-state index contributed by atoms with van der Waals surface area (Å²) in [5.74, 6) is 0. The molecule has 0 atom stereocenters. The third kappa shape index (κ3) is 4.78. The van der Waals surface area contributed by atoms with E-state index in [9.17, 15) is 0 Å². The highest BCUT2D eigenvalue weighted by molar-refractivity contribution is 5.93. The van der Waals surface area contributed by atoms with Crippen LogP contribution in [0.5, 0.6) is 0 Å². The van der Waals surface area contributed by atoms with Crippen LogP contribution in [0.1, 0.15) is 5.56 Å². The number of rotatable bonds is 5. The van der Waals surface area contributed by atoms with Crippen LogP contribution >= 0.6 is 0 Å². The van der Waals surface area contributed by atoms with Gasteiger partial charge >= 0.3 is 0 Å². The summed E-state index contributed by atoms with van der Waals surface area (Å²) in [5, 5.41) is 18.7. The molecule has 0 spiro atoms. The molecule has 0 amide bonds. The van der Waals surface area contributed by atoms with Gasteiger partial charge in [-0.15, -0.1) is 10.2 Å². The van der Waals surface area contributed by atoms with Crippen molar-refractivity contribution in [2.24, 2.45) is 0 Å². The largest absolute Gasteiger partial charge is 0.192 e. The average Bonchev–Trinajstić information content (AvgIpc) is 3.48. The van der Waals surface area contributed by atoms with Crippen molar-refractivity contribution in [2.45, 2.75) is 0 Å². The van der Waals surface area contributed by atoms with Crippen LogP contribution in [-0.2, 0) is 0 Å². The Bertz CT molecular complexity index is 1920. The van der Waals surface area contributed by atoms with E-state index in [4.69, 9.17) is 15.5 Å². The minimum Gasteiger partial charge on any atom is -0.192 e. The van der Waals surface area contributed by atoms with Crippen molar-refractivity contribution in [3.05, 3.63) is 151 Å². The Labute approximate surface area is 238 Å². The van der Waals surface area contributed by atoms with Crippen molar-refractivity contribution in [1.82, 2.24) is 15.0 Å². The number of nitrogens with zero attached hydrogens (tertiary/aromatic N) is 4. The summed E-state index contributed by atoms with van der Waals surface area (Å²) < 4.78 is 0. The maximum Gasteiger partial charge on any atom is 0.114 e. The molecule has 1 aromatic heterocycles. The first-order valence-electron chi connectivity index (χ1n) is 13.5. The molecule has 0 radical (unpaired) electrons. The van der Waals surface area contributed by atoms with E-state index in [1.54, 1.807) is 4.80 Å². The van der Waals surface area contributed by atoms with Crippen LogP contribution in [-0.4, -0.2) is 15.0 Å². The zero-order chi connectivity index (χ0) is 27.6. The molecule has 7 rings (SSSR count). The lowest BCUT2D eigenvalue weighted by Gasteiger charge is -2.10. The third-order valence-electron chi connectivity index (χ3n) is 7.35. The van der Waals surface area contributed by atoms with E-state index < -0.39 is 0 Å². The van der Waals surface area contributed by atoms with Crippen LogP contribution in [0.4, 0.5) is 0 Å². The van der Waals surface area contributed by atoms with Gasteiger partial charge in [-0.05, 0) is 80.9 Å². The number of nitriles is 1. The first kappa shape index (κ1) is 24.3. The lowest BCUT2D eigenvalue weighted by Crippen LogP contribution is -1.97. The zero-order valence-electron chi connectivity index (χ0n) is 22.1. The van der Waals surface area contributed by atoms with Crippen LogP contribution in [0, 0.1) is 11.3 Å². The lowest BCUT2D eigenvalue weighted by molar-refractivity contribution is 0.766. The minimum atomic E-state index is 0.665. The van der Waals surface area contributed by atoms with Gasteiger partial charge < -0.3 is 0 Å². The van der Waals surface area contributed by atoms with E-state index in [1.165, 1.54) is 0 Å². The van der Waals surface area contributed by atoms with Gasteiger partial charge in [0.2, 0.25) is 0 Å². The monoisotopic (exact) mass is 524 g/mol. The SMILES string of the molecule is N#Cc1ccc(-c2ccc(-c3ccc(-n4nc5cc(-c6ccccc6)c(-c6ccccc6)cc5n4)cc3)cc2)cc1. The number of hydrogen-bond acceptors (Lipinski definition) is 3. The fourth-order valence-electron chi connectivity index (χ4n) is 5.17. The number of hydrogen-bond donors (Lipinski definition) is 0. The molecule has 0 fully saturated rings. The topological polar surface area (TPSA) is 54.5 Å². The van der Waals surface area contributed by atoms with E-state index in [1.807, 2.05) is 36.4 Å². The summed E-state index contributed by atoms with van der Waals surface area (Å²) in [6, 6.07) is 51.7. The van der Waals surface area contributed by atoms with Crippen molar-refractivity contribution >= 4 is 11.0 Å². The smallest absolute Gasteiger partial charge is 0.114 e. The predicted molar refractivity (Wildman–Crippen MR) is 165 cm³/mol. The van der Waals surface area contributed by atoms with Crippen molar-refractivity contribution < 1.29 is 0 Å². The first-order chi connectivity index (χ1) is 20.2. The molecule has 41 heavy (non-hydrogen) atoms. The Hall–Kier alpha value is -5.79. The van der Waals surface area contributed by atoms with Gasteiger partial charge in [-0.2, -0.15) is 10.1 Å². The Morgan fingerprint density at radius 2 is 0.829 bits per heavy atom. The van der Waals surface area contributed by atoms with Gasteiger partial charge in [0, 0.05) is 0 Å². The molecule has 0 saturated heterocycles. The summed E-state index contributed by atoms with van der Waals surface area (Å²) in [7, 11) is 0. The van der Waals surface area contributed by atoms with Gasteiger partial charge in [0.05, 0.1) is 17.3 Å². The van der Waals surface area contributed by atoms with Gasteiger partial charge in [0.25, 0.3) is 0 Å². The zero-order valence-corrected chi connectivity index (χ0v) is 22.1. The van der Waals surface area contributed by atoms with E-state index in [2.05, 4.69) is 115 Å². The highest BCUT2D eigenvalue weighted by Gasteiger charge is 2.13. The maximum atomic E-state index is 9.04. The van der Waals surface area contributed by atoms with Gasteiger partial charge in [-0.3, -0.25) is 0 Å². The fraction of sp³-hybridized carbons (Fsp3) is 0. The van der Waals surface area contributed by atoms with Crippen molar-refractivity contribution in [2.75, 3.05) is 0 Å². The quantitative estimate of drug-likeness (QED) is 0.226. The third-order valence-corrected chi connectivity index (χ3v) is 7.35. The second kappa shape index (κ2) is 10.4. The highest BCUT2D eigenvalue weighted by Crippen LogP contribution is 2.35. The molecule has 0 N–H and O–H groups in total. The second-order valence-corrected chi connectivity index (χ2v) is 9.92. The van der Waals surface area contributed by atoms with Gasteiger partial charge in [0.15, 0.2) is 0 Å². The summed E-state index contributed by atoms with van der Waals surface area (Å²) in [6.45, 7) is 0. The number of aromatic nitrogens is 3. The molecule has 6 aromatic carbocycles. The lowest BCUT2D eigenvalue weighted by atomic mass is 9.94. The molecular weight excluding hydrogens is 500 g/mol. The normalized spacial score (nSPS) is 10.9. The molecule has 0 bridgehead atoms.